The van der Waals surface area contributed by atoms with Crippen LogP contribution in [0, 0.1) is 5.82 Å². The van der Waals surface area contributed by atoms with Gasteiger partial charge in [-0.15, -0.1) is 12.6 Å². The largest absolute Gasteiger partial charge is 0.467 e. The SMILES string of the molecule is COC(=O)C1(NC(=O)/C=C/c2ccc(F)c(S)c2)CCN(C(OC)OC(C)(C)C)CC1. The molecular formula is C22H31FN2O5S. The van der Waals surface area contributed by atoms with E-state index in [0.29, 0.717) is 31.5 Å². The second-order valence-corrected chi connectivity index (χ2v) is 8.90. The molecule has 9 heteroatoms. The van der Waals surface area contributed by atoms with Gasteiger partial charge in [-0.05, 0) is 57.4 Å². The third kappa shape index (κ3) is 7.03. The number of halogens is 1. The Morgan fingerprint density at radius 2 is 1.90 bits per heavy atom. The fourth-order valence-electron chi connectivity index (χ4n) is 3.35. The van der Waals surface area contributed by atoms with E-state index >= 15 is 0 Å². The monoisotopic (exact) mass is 454 g/mol. The molecule has 1 aromatic carbocycles. The van der Waals surface area contributed by atoms with Crippen LogP contribution in [0.15, 0.2) is 29.2 Å². The van der Waals surface area contributed by atoms with Crippen molar-refractivity contribution in [2.24, 2.45) is 0 Å². The van der Waals surface area contributed by atoms with Gasteiger partial charge in [0.1, 0.15) is 11.4 Å². The molecule has 0 saturated carbocycles. The van der Waals surface area contributed by atoms with Crippen molar-refractivity contribution in [3.63, 3.8) is 0 Å². The molecule has 7 nitrogen and oxygen atoms in total. The van der Waals surface area contributed by atoms with E-state index in [2.05, 4.69) is 17.9 Å². The van der Waals surface area contributed by atoms with Crippen LogP contribution in [-0.4, -0.2) is 61.6 Å². The van der Waals surface area contributed by atoms with Crippen LogP contribution >= 0.6 is 12.6 Å². The molecule has 1 heterocycles. The minimum atomic E-state index is -1.15. The average molecular weight is 455 g/mol. The van der Waals surface area contributed by atoms with Crippen molar-refractivity contribution in [2.45, 2.75) is 56.1 Å². The normalized spacial score (nSPS) is 18.0. The number of esters is 1. The van der Waals surface area contributed by atoms with E-state index in [-0.39, 0.29) is 4.90 Å². The number of piperidine rings is 1. The van der Waals surface area contributed by atoms with Gasteiger partial charge in [0, 0.05) is 31.2 Å². The van der Waals surface area contributed by atoms with Gasteiger partial charge in [0.15, 0.2) is 0 Å². The van der Waals surface area contributed by atoms with Gasteiger partial charge in [-0.25, -0.2) is 9.18 Å². The number of thiol groups is 1. The predicted molar refractivity (Wildman–Crippen MR) is 118 cm³/mol. The van der Waals surface area contributed by atoms with E-state index in [9.17, 15) is 14.0 Å². The van der Waals surface area contributed by atoms with Gasteiger partial charge >= 0.3 is 5.97 Å². The highest BCUT2D eigenvalue weighted by atomic mass is 32.1. The number of methoxy groups -OCH3 is 2. The molecule has 1 amide bonds. The van der Waals surface area contributed by atoms with Crippen LogP contribution in [0.5, 0.6) is 0 Å². The van der Waals surface area contributed by atoms with Gasteiger partial charge in [0.2, 0.25) is 12.3 Å². The molecule has 172 valence electrons. The van der Waals surface area contributed by atoms with Crippen LogP contribution in [0.2, 0.25) is 0 Å². The fourth-order valence-corrected chi connectivity index (χ4v) is 3.57. The van der Waals surface area contributed by atoms with Gasteiger partial charge in [0.25, 0.3) is 0 Å². The molecule has 0 radical (unpaired) electrons. The molecule has 1 unspecified atom stereocenters. The van der Waals surface area contributed by atoms with E-state index in [1.165, 1.54) is 37.5 Å². The zero-order valence-corrected chi connectivity index (χ0v) is 19.5. The van der Waals surface area contributed by atoms with Gasteiger partial charge in [-0.3, -0.25) is 9.69 Å². The van der Waals surface area contributed by atoms with Crippen LogP contribution in [0.1, 0.15) is 39.2 Å². The number of nitrogens with one attached hydrogen (secondary N) is 1. The van der Waals surface area contributed by atoms with Gasteiger partial charge in [-0.1, -0.05) is 6.07 Å². The number of benzene rings is 1. The third-order valence-corrected chi connectivity index (χ3v) is 5.28. The summed E-state index contributed by atoms with van der Waals surface area (Å²) in [5, 5.41) is 2.80. The minimum absolute atomic E-state index is 0.186. The molecule has 1 N–H and O–H groups in total. The maximum absolute atomic E-state index is 13.3. The number of rotatable bonds is 7. The van der Waals surface area contributed by atoms with Gasteiger partial charge in [0.05, 0.1) is 12.7 Å². The molecular weight excluding hydrogens is 423 g/mol. The van der Waals surface area contributed by atoms with E-state index in [4.69, 9.17) is 14.2 Å². The fraction of sp³-hybridized carbons (Fsp3) is 0.545. The Bertz CT molecular complexity index is 817. The number of hydrogen-bond donors (Lipinski definition) is 2. The average Bonchev–Trinajstić information content (AvgIpc) is 2.72. The summed E-state index contributed by atoms with van der Waals surface area (Å²) in [5.74, 6) is -1.39. The van der Waals surface area contributed by atoms with Crippen molar-refractivity contribution in [3.8, 4) is 0 Å². The van der Waals surface area contributed by atoms with E-state index in [0.717, 1.165) is 0 Å². The van der Waals surface area contributed by atoms with Crippen LogP contribution in [0.3, 0.4) is 0 Å². The van der Waals surface area contributed by atoms with Crippen LogP contribution in [0.4, 0.5) is 4.39 Å². The van der Waals surface area contributed by atoms with Crippen LogP contribution in [0.25, 0.3) is 6.08 Å². The Balaban J connectivity index is 2.08. The highest BCUT2D eigenvalue weighted by molar-refractivity contribution is 7.80. The second-order valence-electron chi connectivity index (χ2n) is 8.42. The lowest BCUT2D eigenvalue weighted by atomic mass is 9.87. The first-order valence-electron chi connectivity index (χ1n) is 10.0. The quantitative estimate of drug-likeness (QED) is 0.286. The predicted octanol–water partition coefficient (Wildman–Crippen LogP) is 3.00. The number of carbonyl (C=O) groups is 2. The number of ether oxygens (including phenoxy) is 3. The van der Waals surface area contributed by atoms with Crippen molar-refractivity contribution in [2.75, 3.05) is 27.3 Å². The number of hydrogen-bond acceptors (Lipinski definition) is 7. The minimum Gasteiger partial charge on any atom is -0.467 e. The molecule has 0 spiro atoms. The maximum Gasteiger partial charge on any atom is 0.331 e. The summed E-state index contributed by atoms with van der Waals surface area (Å²) in [5.41, 5.74) is -0.931. The maximum atomic E-state index is 13.3. The van der Waals surface area contributed by atoms with Crippen molar-refractivity contribution in [1.29, 1.82) is 0 Å². The van der Waals surface area contributed by atoms with Crippen molar-refractivity contribution >= 4 is 30.6 Å². The zero-order chi connectivity index (χ0) is 23.2. The summed E-state index contributed by atoms with van der Waals surface area (Å²) in [4.78, 5) is 27.3. The van der Waals surface area contributed by atoms with E-state index in [1.807, 2.05) is 25.7 Å². The number of nitrogens with zero attached hydrogens (tertiary/aromatic N) is 1. The molecule has 1 aliphatic heterocycles. The van der Waals surface area contributed by atoms with E-state index < -0.39 is 35.2 Å². The molecule has 0 aromatic heterocycles. The summed E-state index contributed by atoms with van der Waals surface area (Å²) in [6.45, 7) is 6.74. The Hall–Kier alpha value is -1.94. The molecule has 1 aliphatic rings. The number of likely N-dealkylation sites (tertiary alicyclic amines) is 1. The smallest absolute Gasteiger partial charge is 0.331 e. The molecule has 1 atom stereocenters. The Kier molecular flexibility index (Phi) is 8.65. The Morgan fingerprint density at radius 1 is 1.26 bits per heavy atom. The third-order valence-electron chi connectivity index (χ3n) is 4.94. The summed E-state index contributed by atoms with van der Waals surface area (Å²) in [7, 11) is 2.86. The standard InChI is InChI=1S/C22H31FN2O5S/c1-21(2,3)30-20(29-5)25-12-10-22(11-13-25,19(27)28-4)24-18(26)9-7-15-6-8-16(23)17(31)14-15/h6-9,14,20,31H,10-13H2,1-5H3,(H,24,26)/b9-7+. The summed E-state index contributed by atoms with van der Waals surface area (Å²) in [6.07, 6.45) is 2.96. The lowest BCUT2D eigenvalue weighted by molar-refractivity contribution is -0.257. The summed E-state index contributed by atoms with van der Waals surface area (Å²) in [6, 6.07) is 4.32. The van der Waals surface area contributed by atoms with Crippen molar-refractivity contribution < 1.29 is 28.2 Å². The second kappa shape index (κ2) is 10.6. The first kappa shape index (κ1) is 25.3. The first-order valence-corrected chi connectivity index (χ1v) is 10.5. The highest BCUT2D eigenvalue weighted by Gasteiger charge is 2.45. The topological polar surface area (TPSA) is 77.1 Å². The highest BCUT2D eigenvalue weighted by Crippen LogP contribution is 2.27. The van der Waals surface area contributed by atoms with Crippen molar-refractivity contribution in [1.82, 2.24) is 10.2 Å². The van der Waals surface area contributed by atoms with Crippen LogP contribution < -0.4 is 5.32 Å². The molecule has 1 saturated heterocycles. The lowest BCUT2D eigenvalue weighted by Crippen LogP contribution is -2.61. The molecule has 0 aliphatic carbocycles. The molecule has 31 heavy (non-hydrogen) atoms. The Labute approximate surface area is 188 Å². The molecule has 2 rings (SSSR count). The lowest BCUT2D eigenvalue weighted by Gasteiger charge is -2.43. The summed E-state index contributed by atoms with van der Waals surface area (Å²) < 4.78 is 29.7. The van der Waals surface area contributed by atoms with Crippen LogP contribution in [-0.2, 0) is 23.8 Å². The Morgan fingerprint density at radius 3 is 2.42 bits per heavy atom. The molecule has 0 bridgehead atoms. The molecule has 1 fully saturated rings. The zero-order valence-electron chi connectivity index (χ0n) is 18.6. The number of carbonyl (C=O) groups excluding carboxylic acids is 2. The molecule has 1 aromatic rings. The van der Waals surface area contributed by atoms with Crippen molar-refractivity contribution in [3.05, 3.63) is 35.7 Å². The van der Waals surface area contributed by atoms with Gasteiger partial charge < -0.3 is 19.5 Å². The van der Waals surface area contributed by atoms with Gasteiger partial charge in [-0.2, -0.15) is 0 Å². The summed E-state index contributed by atoms with van der Waals surface area (Å²) >= 11 is 4.03. The first-order chi connectivity index (χ1) is 14.5. The van der Waals surface area contributed by atoms with E-state index in [1.54, 1.807) is 7.11 Å². The number of amides is 1.